The third kappa shape index (κ3) is 11.8. The van der Waals surface area contributed by atoms with E-state index in [1.54, 1.807) is 12.1 Å². The molecular weight excluding hydrogens is 554 g/mol. The average Bonchev–Trinajstić information content (AvgIpc) is 3.17. The van der Waals surface area contributed by atoms with Gasteiger partial charge in [0.15, 0.2) is 0 Å². The van der Waals surface area contributed by atoms with Gasteiger partial charge in [0.2, 0.25) is 17.7 Å². The Morgan fingerprint density at radius 3 is 2.33 bits per heavy atom. The smallest absolute Gasteiger partial charge is 0.251 e. The lowest BCUT2D eigenvalue weighted by Crippen LogP contribution is -2.37. The van der Waals surface area contributed by atoms with Crippen molar-refractivity contribution in [2.75, 3.05) is 26.3 Å². The minimum atomic E-state index is -0.490. The van der Waals surface area contributed by atoms with Crippen LogP contribution in [0.15, 0.2) is 24.3 Å². The number of imide groups is 1. The van der Waals surface area contributed by atoms with Crippen LogP contribution in [0.4, 0.5) is 0 Å². The molecule has 232 valence electrons. The fourth-order valence-corrected chi connectivity index (χ4v) is 5.66. The predicted molar refractivity (Wildman–Crippen MR) is 166 cm³/mol. The number of hydrogen-bond donors (Lipinski definition) is 2. The maximum Gasteiger partial charge on any atom is 0.251 e. The number of hydrogen-bond acceptors (Lipinski definition) is 7. The number of thioether (sulfide) groups is 1. The Bertz CT molecular complexity index is 1130. The van der Waals surface area contributed by atoms with Gasteiger partial charge in [0.05, 0.1) is 23.1 Å². The molecule has 42 heavy (non-hydrogen) atoms. The third-order valence-corrected chi connectivity index (χ3v) is 8.36. The van der Waals surface area contributed by atoms with Crippen LogP contribution in [0.2, 0.25) is 0 Å². The summed E-state index contributed by atoms with van der Waals surface area (Å²) in [5, 5.41) is 5.18. The highest BCUT2D eigenvalue weighted by molar-refractivity contribution is 8.00. The molecule has 1 heterocycles. The van der Waals surface area contributed by atoms with Gasteiger partial charge in [0, 0.05) is 42.8 Å². The Morgan fingerprint density at radius 1 is 1.07 bits per heavy atom. The van der Waals surface area contributed by atoms with Gasteiger partial charge in [-0.2, -0.15) is 0 Å². The average molecular weight is 602 g/mol. The van der Waals surface area contributed by atoms with E-state index in [-0.39, 0.29) is 66.5 Å². The zero-order chi connectivity index (χ0) is 31.5. The molecule has 10 heteroatoms. The van der Waals surface area contributed by atoms with Gasteiger partial charge >= 0.3 is 0 Å². The van der Waals surface area contributed by atoms with Gasteiger partial charge in [-0.05, 0) is 79.0 Å². The number of nitrogens with one attached hydrogen (secondary N) is 2. The van der Waals surface area contributed by atoms with Crippen molar-refractivity contribution < 1.29 is 28.7 Å². The van der Waals surface area contributed by atoms with Crippen molar-refractivity contribution in [1.82, 2.24) is 15.5 Å². The first kappa shape index (κ1) is 35.3. The minimum absolute atomic E-state index is 0.00487. The van der Waals surface area contributed by atoms with Crippen molar-refractivity contribution in [3.05, 3.63) is 35.4 Å². The van der Waals surface area contributed by atoms with Crippen molar-refractivity contribution >= 4 is 35.4 Å². The summed E-state index contributed by atoms with van der Waals surface area (Å²) < 4.78 is 11.7. The quantitative estimate of drug-likeness (QED) is 0.203. The second-order valence-corrected chi connectivity index (χ2v) is 13.6. The molecular formula is C32H47N3O6S. The van der Waals surface area contributed by atoms with Crippen molar-refractivity contribution in [3.63, 3.8) is 0 Å². The summed E-state index contributed by atoms with van der Waals surface area (Å²) in [6, 6.07) is 7.29. The van der Waals surface area contributed by atoms with E-state index in [1.807, 2.05) is 60.6 Å². The van der Waals surface area contributed by atoms with Crippen molar-refractivity contribution in [2.45, 2.75) is 102 Å². The second kappa shape index (κ2) is 16.1. The molecule has 0 radical (unpaired) electrons. The summed E-state index contributed by atoms with van der Waals surface area (Å²) in [5.74, 6) is 1.63. The van der Waals surface area contributed by atoms with E-state index in [9.17, 15) is 19.2 Å². The molecule has 9 nitrogen and oxygen atoms in total. The van der Waals surface area contributed by atoms with Gasteiger partial charge in [-0.3, -0.25) is 24.1 Å². The van der Waals surface area contributed by atoms with Gasteiger partial charge in [-0.1, -0.05) is 18.1 Å². The number of terminal acetylenes is 1. The third-order valence-electron chi connectivity index (χ3n) is 6.98. The van der Waals surface area contributed by atoms with Gasteiger partial charge in [-0.15, -0.1) is 18.2 Å². The fourth-order valence-electron chi connectivity index (χ4n) is 4.37. The van der Waals surface area contributed by atoms with E-state index in [0.29, 0.717) is 31.6 Å². The Morgan fingerprint density at radius 2 is 1.71 bits per heavy atom. The number of benzene rings is 1. The van der Waals surface area contributed by atoms with E-state index >= 15 is 0 Å². The monoisotopic (exact) mass is 601 g/mol. The lowest BCUT2D eigenvalue weighted by molar-refractivity contribution is -0.138. The highest BCUT2D eigenvalue weighted by Gasteiger charge is 2.39. The Kier molecular flexibility index (Phi) is 13.5. The highest BCUT2D eigenvalue weighted by atomic mass is 32.2. The van der Waals surface area contributed by atoms with Crippen LogP contribution in [0.3, 0.4) is 0 Å². The molecule has 2 N–H and O–H groups in total. The molecule has 2 atom stereocenters. The largest absolute Gasteiger partial charge is 0.375 e. The first-order valence-corrected chi connectivity index (χ1v) is 15.5. The summed E-state index contributed by atoms with van der Waals surface area (Å²) in [4.78, 5) is 51.1. The summed E-state index contributed by atoms with van der Waals surface area (Å²) in [6.45, 7) is 15.0. The second-order valence-electron chi connectivity index (χ2n) is 12.1. The van der Waals surface area contributed by atoms with Crippen molar-refractivity contribution in [1.29, 1.82) is 0 Å². The van der Waals surface area contributed by atoms with Crippen LogP contribution >= 0.6 is 11.8 Å². The van der Waals surface area contributed by atoms with Crippen molar-refractivity contribution in [3.8, 4) is 12.3 Å². The van der Waals surface area contributed by atoms with E-state index in [4.69, 9.17) is 15.9 Å². The van der Waals surface area contributed by atoms with Crippen LogP contribution in [0.5, 0.6) is 0 Å². The topological polar surface area (TPSA) is 114 Å². The summed E-state index contributed by atoms with van der Waals surface area (Å²) in [5.41, 5.74) is 0.715. The molecule has 0 aromatic heterocycles. The molecule has 0 spiro atoms. The standard InChI is InChI=1S/C32H47N3O6S/c1-9-19-40-32(7,8)16-20-41-31(5,6)15-17-33-29(38)25-12-10-24(11-13-25)23(4)42-26-21-28(37)35(30(26)39)18-14-27(36)34-22(2)3/h1,10-13,22-23,26H,14-21H2,2-8H3,(H,33,38)(H,34,36). The molecule has 2 unspecified atom stereocenters. The summed E-state index contributed by atoms with van der Waals surface area (Å²) >= 11 is 1.42. The molecule has 1 saturated heterocycles. The number of nitrogens with zero attached hydrogens (tertiary/aromatic N) is 1. The fraction of sp³-hybridized carbons (Fsp3) is 0.625. The van der Waals surface area contributed by atoms with Gasteiger partial charge in [-0.25, -0.2) is 0 Å². The summed E-state index contributed by atoms with van der Waals surface area (Å²) in [6.07, 6.45) is 6.83. The summed E-state index contributed by atoms with van der Waals surface area (Å²) in [7, 11) is 0. The van der Waals surface area contributed by atoms with E-state index < -0.39 is 10.9 Å². The number of likely N-dealkylation sites (tertiary alicyclic amines) is 1. The molecule has 0 aliphatic carbocycles. The molecule has 1 aliphatic heterocycles. The Labute approximate surface area is 255 Å². The van der Waals surface area contributed by atoms with Gasteiger partial charge in [0.1, 0.15) is 6.61 Å². The molecule has 2 rings (SSSR count). The maximum atomic E-state index is 12.9. The van der Waals surface area contributed by atoms with Gasteiger partial charge in [0.25, 0.3) is 5.91 Å². The lowest BCUT2D eigenvalue weighted by atomic mass is 10.0. The van der Waals surface area contributed by atoms with E-state index in [0.717, 1.165) is 5.56 Å². The zero-order valence-corrected chi connectivity index (χ0v) is 26.9. The lowest BCUT2D eigenvalue weighted by Gasteiger charge is -2.29. The van der Waals surface area contributed by atoms with Crippen LogP contribution in [0.25, 0.3) is 0 Å². The zero-order valence-electron chi connectivity index (χ0n) is 26.1. The van der Waals surface area contributed by atoms with Crippen LogP contribution in [0.1, 0.15) is 95.3 Å². The number of ether oxygens (including phenoxy) is 2. The van der Waals surface area contributed by atoms with Crippen LogP contribution in [0, 0.1) is 12.3 Å². The minimum Gasteiger partial charge on any atom is -0.375 e. The predicted octanol–water partition coefficient (Wildman–Crippen LogP) is 4.26. The molecule has 1 fully saturated rings. The maximum absolute atomic E-state index is 12.9. The number of rotatable bonds is 17. The molecule has 1 aliphatic rings. The molecule has 0 saturated carbocycles. The normalized spacial score (nSPS) is 16.5. The SMILES string of the molecule is C#CCOC(C)(C)CCOC(C)(C)CCNC(=O)c1ccc(C(C)SC2CC(=O)N(CCC(=O)NC(C)C)C2=O)cc1. The number of carbonyl (C=O) groups is 4. The first-order valence-electron chi connectivity index (χ1n) is 14.5. The van der Waals surface area contributed by atoms with Crippen LogP contribution in [-0.2, 0) is 23.9 Å². The molecule has 4 amide bonds. The first-order chi connectivity index (χ1) is 19.6. The molecule has 0 bridgehead atoms. The molecule has 1 aromatic carbocycles. The highest BCUT2D eigenvalue weighted by Crippen LogP contribution is 2.37. The molecule has 1 aromatic rings. The number of amides is 4. The Balaban J connectivity index is 1.79. The number of carbonyl (C=O) groups excluding carboxylic acids is 4. The Hall–Kier alpha value is -2.87. The van der Waals surface area contributed by atoms with Crippen LogP contribution < -0.4 is 10.6 Å². The van der Waals surface area contributed by atoms with E-state index in [2.05, 4.69) is 16.6 Å². The van der Waals surface area contributed by atoms with Crippen molar-refractivity contribution in [2.24, 2.45) is 0 Å². The van der Waals surface area contributed by atoms with E-state index in [1.165, 1.54) is 16.7 Å². The van der Waals surface area contributed by atoms with Gasteiger partial charge < -0.3 is 20.1 Å². The van der Waals surface area contributed by atoms with Crippen LogP contribution in [-0.4, -0.2) is 77.3 Å².